The van der Waals surface area contributed by atoms with E-state index in [4.69, 9.17) is 10.5 Å². The number of pyridine rings is 1. The molecule has 3 N–H and O–H groups in total. The molecule has 0 unspecified atom stereocenters. The number of rotatable bonds is 8. The summed E-state index contributed by atoms with van der Waals surface area (Å²) in [5.74, 6) is 0.929. The second kappa shape index (κ2) is 9.63. The number of hydrogen-bond donors (Lipinski definition) is 2. The zero-order valence-electron chi connectivity index (χ0n) is 20.9. The molecule has 0 fully saturated rings. The topological polar surface area (TPSA) is 119 Å². The van der Waals surface area contributed by atoms with Crippen LogP contribution in [-0.2, 0) is 14.1 Å². The number of hydrogen-bond acceptors (Lipinski definition) is 9. The number of methoxy groups -OCH3 is 1. The molecule has 4 rings (SSSR count). The quantitative estimate of drug-likeness (QED) is 0.368. The van der Waals surface area contributed by atoms with Crippen LogP contribution in [0.2, 0.25) is 0 Å². The van der Waals surface area contributed by atoms with Crippen LogP contribution in [0, 0.1) is 0 Å². The van der Waals surface area contributed by atoms with Gasteiger partial charge in [-0.1, -0.05) is 0 Å². The standard InChI is InChI=1S/C24H31N9O2/c1-30(2)9-10-31(3)20-13-21(35-6)19(12-17(20)25)27-24-26-14-15-11-16(18-7-8-32(4)29-18)23(34)33(5)22(15)28-24/h7-8,11-14H,9-10,25H2,1-6H3,(H,26,27,28). The van der Waals surface area contributed by atoms with Gasteiger partial charge in [0.2, 0.25) is 5.95 Å². The molecule has 0 aliphatic carbocycles. The first-order valence-corrected chi connectivity index (χ1v) is 11.1. The lowest BCUT2D eigenvalue weighted by molar-refractivity contribution is 0.413. The van der Waals surface area contributed by atoms with E-state index in [0.717, 1.165) is 24.2 Å². The van der Waals surface area contributed by atoms with Gasteiger partial charge in [-0.05, 0) is 32.3 Å². The normalized spacial score (nSPS) is 11.3. The minimum Gasteiger partial charge on any atom is -0.494 e. The van der Waals surface area contributed by atoms with Crippen molar-refractivity contribution in [3.63, 3.8) is 0 Å². The van der Waals surface area contributed by atoms with Gasteiger partial charge in [-0.3, -0.25) is 14.0 Å². The number of fused-ring (bicyclic) bond motifs is 1. The van der Waals surface area contributed by atoms with Crippen LogP contribution >= 0.6 is 0 Å². The first-order valence-electron chi connectivity index (χ1n) is 11.1. The van der Waals surface area contributed by atoms with Gasteiger partial charge in [0.25, 0.3) is 5.56 Å². The molecule has 1 aromatic carbocycles. The fourth-order valence-electron chi connectivity index (χ4n) is 3.82. The highest BCUT2D eigenvalue weighted by molar-refractivity contribution is 5.82. The van der Waals surface area contributed by atoms with Crippen molar-refractivity contribution >= 4 is 34.0 Å². The van der Waals surface area contributed by atoms with Gasteiger partial charge in [0.05, 0.1) is 35.4 Å². The molecule has 3 heterocycles. The van der Waals surface area contributed by atoms with Gasteiger partial charge in [-0.2, -0.15) is 10.1 Å². The molecule has 0 saturated carbocycles. The van der Waals surface area contributed by atoms with Gasteiger partial charge in [0.1, 0.15) is 11.4 Å². The minimum absolute atomic E-state index is 0.187. The number of nitrogens with one attached hydrogen (secondary N) is 1. The third-order valence-corrected chi connectivity index (χ3v) is 5.83. The van der Waals surface area contributed by atoms with Crippen LogP contribution in [0.25, 0.3) is 22.3 Å². The van der Waals surface area contributed by atoms with Gasteiger partial charge in [-0.15, -0.1) is 0 Å². The van der Waals surface area contributed by atoms with Crippen LogP contribution < -0.4 is 26.2 Å². The number of anilines is 4. The average Bonchev–Trinajstić information content (AvgIpc) is 3.26. The van der Waals surface area contributed by atoms with Gasteiger partial charge in [0, 0.05) is 58.1 Å². The largest absolute Gasteiger partial charge is 0.494 e. The number of nitrogens with two attached hydrogens (primary N) is 1. The molecule has 0 aliphatic rings. The highest BCUT2D eigenvalue weighted by Crippen LogP contribution is 2.36. The summed E-state index contributed by atoms with van der Waals surface area (Å²) >= 11 is 0. The number of likely N-dealkylation sites (N-methyl/N-ethyl adjacent to an activating group) is 2. The van der Waals surface area contributed by atoms with Gasteiger partial charge in [0.15, 0.2) is 0 Å². The third-order valence-electron chi connectivity index (χ3n) is 5.83. The smallest absolute Gasteiger partial charge is 0.261 e. The Hall–Kier alpha value is -4.12. The van der Waals surface area contributed by atoms with E-state index in [1.165, 1.54) is 4.57 Å². The summed E-state index contributed by atoms with van der Waals surface area (Å²) in [4.78, 5) is 26.2. The van der Waals surface area contributed by atoms with E-state index in [-0.39, 0.29) is 5.56 Å². The molecule has 3 aromatic heterocycles. The minimum atomic E-state index is -0.187. The Morgan fingerprint density at radius 3 is 2.57 bits per heavy atom. The molecular weight excluding hydrogens is 446 g/mol. The second-order valence-corrected chi connectivity index (χ2v) is 8.73. The number of ether oxygens (including phenoxy) is 1. The lowest BCUT2D eigenvalue weighted by Gasteiger charge is -2.24. The Balaban J connectivity index is 1.67. The van der Waals surface area contributed by atoms with Crippen molar-refractivity contribution in [3.05, 3.63) is 47.0 Å². The van der Waals surface area contributed by atoms with E-state index in [1.807, 2.05) is 34.3 Å². The molecule has 0 atom stereocenters. The number of aromatic nitrogens is 5. The van der Waals surface area contributed by atoms with Crippen molar-refractivity contribution in [1.29, 1.82) is 0 Å². The van der Waals surface area contributed by atoms with Crippen molar-refractivity contribution < 1.29 is 4.74 Å². The van der Waals surface area contributed by atoms with Crippen LogP contribution in [0.3, 0.4) is 0 Å². The van der Waals surface area contributed by atoms with Crippen LogP contribution in [0.5, 0.6) is 5.75 Å². The van der Waals surface area contributed by atoms with E-state index < -0.39 is 0 Å². The molecular formula is C24H31N9O2. The summed E-state index contributed by atoms with van der Waals surface area (Å²) in [6.07, 6.45) is 3.47. The summed E-state index contributed by atoms with van der Waals surface area (Å²) in [7, 11) is 11.2. The van der Waals surface area contributed by atoms with E-state index in [2.05, 4.69) is 30.2 Å². The van der Waals surface area contributed by atoms with Crippen molar-refractivity contribution in [1.82, 2.24) is 29.2 Å². The maximum atomic E-state index is 13.0. The summed E-state index contributed by atoms with van der Waals surface area (Å²) in [5, 5.41) is 8.26. The predicted octanol–water partition coefficient (Wildman–Crippen LogP) is 2.06. The summed E-state index contributed by atoms with van der Waals surface area (Å²) in [6, 6.07) is 7.26. The first kappa shape index (κ1) is 24.0. The Bertz CT molecular complexity index is 1420. The third kappa shape index (κ3) is 4.90. The molecule has 0 saturated heterocycles. The number of aryl methyl sites for hydroxylation is 2. The number of nitrogens with zero attached hydrogens (tertiary/aromatic N) is 7. The maximum absolute atomic E-state index is 13.0. The summed E-state index contributed by atoms with van der Waals surface area (Å²) in [6.45, 7) is 1.71. The molecule has 0 radical (unpaired) electrons. The van der Waals surface area contributed by atoms with E-state index in [1.54, 1.807) is 49.4 Å². The van der Waals surface area contributed by atoms with E-state index in [9.17, 15) is 4.79 Å². The molecule has 0 amide bonds. The number of nitrogen functional groups attached to an aromatic ring is 1. The molecule has 0 spiro atoms. The van der Waals surface area contributed by atoms with E-state index >= 15 is 0 Å². The lowest BCUT2D eigenvalue weighted by Crippen LogP contribution is -2.29. The highest BCUT2D eigenvalue weighted by Gasteiger charge is 2.16. The van der Waals surface area contributed by atoms with Gasteiger partial charge >= 0.3 is 0 Å². The van der Waals surface area contributed by atoms with Crippen molar-refractivity contribution in [2.45, 2.75) is 0 Å². The summed E-state index contributed by atoms with van der Waals surface area (Å²) < 4.78 is 8.77. The van der Waals surface area contributed by atoms with Crippen molar-refractivity contribution in [2.75, 3.05) is 57.3 Å². The van der Waals surface area contributed by atoms with Crippen LogP contribution in [0.15, 0.2) is 41.5 Å². The van der Waals surface area contributed by atoms with Crippen molar-refractivity contribution in [3.8, 4) is 17.0 Å². The molecule has 11 heteroatoms. The average molecular weight is 478 g/mol. The SMILES string of the molecule is COc1cc(N(C)CCN(C)C)c(N)cc1Nc1ncc2cc(-c3ccn(C)n3)c(=O)n(C)c2n1. The fraction of sp³-hybridized carbons (Fsp3) is 0.333. The molecule has 11 nitrogen and oxygen atoms in total. The van der Waals surface area contributed by atoms with Crippen LogP contribution in [0.4, 0.5) is 23.0 Å². The van der Waals surface area contributed by atoms with Gasteiger partial charge in [-0.25, -0.2) is 4.98 Å². The van der Waals surface area contributed by atoms with Crippen LogP contribution in [-0.4, -0.2) is 70.6 Å². The van der Waals surface area contributed by atoms with Gasteiger partial charge < -0.3 is 25.6 Å². The highest BCUT2D eigenvalue weighted by atomic mass is 16.5. The molecule has 0 aliphatic heterocycles. The zero-order valence-corrected chi connectivity index (χ0v) is 20.9. The second-order valence-electron chi connectivity index (χ2n) is 8.73. The van der Waals surface area contributed by atoms with Crippen LogP contribution in [0.1, 0.15) is 0 Å². The molecule has 4 aromatic rings. The fourth-order valence-corrected chi connectivity index (χ4v) is 3.82. The number of benzene rings is 1. The van der Waals surface area contributed by atoms with Crippen molar-refractivity contribution in [2.24, 2.45) is 14.1 Å². The Morgan fingerprint density at radius 1 is 1.14 bits per heavy atom. The molecule has 184 valence electrons. The van der Waals surface area contributed by atoms with E-state index in [0.29, 0.717) is 40.0 Å². The summed E-state index contributed by atoms with van der Waals surface area (Å²) in [5.41, 5.74) is 9.88. The Morgan fingerprint density at radius 2 is 1.91 bits per heavy atom. The Labute approximate surface area is 203 Å². The predicted molar refractivity (Wildman–Crippen MR) is 139 cm³/mol. The first-order chi connectivity index (χ1) is 16.7. The molecule has 35 heavy (non-hydrogen) atoms. The Kier molecular flexibility index (Phi) is 6.61. The lowest BCUT2D eigenvalue weighted by atomic mass is 10.1. The monoisotopic (exact) mass is 477 g/mol. The maximum Gasteiger partial charge on any atom is 0.261 e. The zero-order chi connectivity index (χ0) is 25.3. The molecule has 0 bridgehead atoms.